The molecule has 0 atom stereocenters. The first-order valence-electron chi connectivity index (χ1n) is 4.46. The van der Waals surface area contributed by atoms with E-state index in [-0.39, 0.29) is 0 Å². The molecule has 0 aliphatic rings. The third-order valence-electron chi connectivity index (χ3n) is 1.63. The van der Waals surface area contributed by atoms with Crippen molar-refractivity contribution in [2.75, 3.05) is 6.61 Å². The van der Waals surface area contributed by atoms with Crippen molar-refractivity contribution in [3.63, 3.8) is 0 Å². The lowest BCUT2D eigenvalue weighted by atomic mass is 10.2. The van der Waals surface area contributed by atoms with Gasteiger partial charge in [0.2, 0.25) is 0 Å². The zero-order valence-electron chi connectivity index (χ0n) is 8.25. The molecular weight excluding hydrogens is 289 g/mol. The maximum Gasteiger partial charge on any atom is 0.137 e. The lowest BCUT2D eigenvalue weighted by molar-refractivity contribution is 0.270. The minimum atomic E-state index is 0.473. The number of hydrogen-bond acceptors (Lipinski definition) is 2. The molecule has 1 rings (SSSR count). The summed E-state index contributed by atoms with van der Waals surface area (Å²) in [5.41, 5.74) is 0.609. The van der Waals surface area contributed by atoms with Crippen molar-refractivity contribution in [2.24, 2.45) is 5.92 Å². The molecule has 74 valence electrons. The van der Waals surface area contributed by atoms with E-state index in [1.807, 2.05) is 18.2 Å². The van der Waals surface area contributed by atoms with Crippen LogP contribution in [0.1, 0.15) is 19.4 Å². The Morgan fingerprint density at radius 3 is 2.79 bits per heavy atom. The fourth-order valence-electron chi connectivity index (χ4n) is 0.972. The molecule has 0 spiro atoms. The zero-order valence-corrected chi connectivity index (χ0v) is 10.4. The van der Waals surface area contributed by atoms with Gasteiger partial charge in [0.15, 0.2) is 0 Å². The molecule has 0 radical (unpaired) electrons. The van der Waals surface area contributed by atoms with Crippen molar-refractivity contribution in [3.05, 3.63) is 27.3 Å². The van der Waals surface area contributed by atoms with Crippen molar-refractivity contribution >= 4 is 22.6 Å². The first-order chi connectivity index (χ1) is 6.63. The van der Waals surface area contributed by atoms with Crippen LogP contribution in [0.4, 0.5) is 0 Å². The highest BCUT2D eigenvalue weighted by Gasteiger charge is 2.04. The number of nitrogens with zero attached hydrogens (tertiary/aromatic N) is 1. The van der Waals surface area contributed by atoms with Crippen molar-refractivity contribution in [1.82, 2.24) is 0 Å². The van der Waals surface area contributed by atoms with Crippen LogP contribution in [0.15, 0.2) is 18.2 Å². The second kappa shape index (κ2) is 5.20. The Morgan fingerprint density at radius 1 is 1.50 bits per heavy atom. The van der Waals surface area contributed by atoms with Crippen LogP contribution in [0.2, 0.25) is 0 Å². The molecule has 0 amide bonds. The summed E-state index contributed by atoms with van der Waals surface area (Å²) in [6.07, 6.45) is 0. The zero-order chi connectivity index (χ0) is 10.6. The number of benzene rings is 1. The van der Waals surface area contributed by atoms with Gasteiger partial charge in [0.05, 0.1) is 12.2 Å². The summed E-state index contributed by atoms with van der Waals surface area (Å²) in [6.45, 7) is 4.81. The van der Waals surface area contributed by atoms with Gasteiger partial charge < -0.3 is 4.74 Å². The van der Waals surface area contributed by atoms with Gasteiger partial charge in [0.25, 0.3) is 0 Å². The highest BCUT2D eigenvalue weighted by Crippen LogP contribution is 2.20. The largest absolute Gasteiger partial charge is 0.492 e. The van der Waals surface area contributed by atoms with Crippen molar-refractivity contribution in [2.45, 2.75) is 13.8 Å². The monoisotopic (exact) mass is 301 g/mol. The van der Waals surface area contributed by atoms with Crippen LogP contribution in [0.5, 0.6) is 5.75 Å². The van der Waals surface area contributed by atoms with Crippen LogP contribution >= 0.6 is 22.6 Å². The average molecular weight is 301 g/mol. The van der Waals surface area contributed by atoms with Crippen LogP contribution in [0, 0.1) is 20.8 Å². The minimum Gasteiger partial charge on any atom is -0.492 e. The van der Waals surface area contributed by atoms with E-state index in [4.69, 9.17) is 10.00 Å². The van der Waals surface area contributed by atoms with Crippen LogP contribution < -0.4 is 4.74 Å². The van der Waals surface area contributed by atoms with Crippen LogP contribution in [0.25, 0.3) is 0 Å². The molecule has 0 fully saturated rings. The number of hydrogen-bond donors (Lipinski definition) is 0. The first-order valence-corrected chi connectivity index (χ1v) is 5.54. The summed E-state index contributed by atoms with van der Waals surface area (Å²) in [6, 6.07) is 7.75. The number of halogens is 1. The Balaban J connectivity index is 2.82. The summed E-state index contributed by atoms with van der Waals surface area (Å²) in [7, 11) is 0. The molecule has 0 bridgehead atoms. The SMILES string of the molecule is CC(C)COc1ccc(I)cc1C#N. The minimum absolute atomic E-state index is 0.473. The molecule has 3 heteroatoms. The molecule has 0 heterocycles. The van der Waals surface area contributed by atoms with E-state index >= 15 is 0 Å². The summed E-state index contributed by atoms with van der Waals surface area (Å²) >= 11 is 2.18. The highest BCUT2D eigenvalue weighted by molar-refractivity contribution is 14.1. The van der Waals surface area contributed by atoms with Gasteiger partial charge in [-0.15, -0.1) is 0 Å². The second-order valence-corrected chi connectivity index (χ2v) is 4.70. The topological polar surface area (TPSA) is 33.0 Å². The predicted octanol–water partition coefficient (Wildman–Crippen LogP) is 3.20. The Bertz CT molecular complexity index is 355. The molecule has 0 unspecified atom stereocenters. The van der Waals surface area contributed by atoms with Gasteiger partial charge in [-0.3, -0.25) is 0 Å². The second-order valence-electron chi connectivity index (χ2n) is 3.46. The van der Waals surface area contributed by atoms with E-state index < -0.39 is 0 Å². The van der Waals surface area contributed by atoms with Gasteiger partial charge in [-0.25, -0.2) is 0 Å². The molecule has 0 saturated carbocycles. The van der Waals surface area contributed by atoms with Crippen molar-refractivity contribution in [3.8, 4) is 11.8 Å². The van der Waals surface area contributed by atoms with Gasteiger partial charge in [0, 0.05) is 3.57 Å². The Kier molecular flexibility index (Phi) is 4.21. The van der Waals surface area contributed by atoms with E-state index in [0.717, 1.165) is 3.57 Å². The van der Waals surface area contributed by atoms with Gasteiger partial charge in [0.1, 0.15) is 11.8 Å². The van der Waals surface area contributed by atoms with Crippen LogP contribution in [-0.2, 0) is 0 Å². The van der Waals surface area contributed by atoms with E-state index in [2.05, 4.69) is 42.5 Å². The molecule has 1 aromatic rings. The van der Waals surface area contributed by atoms with E-state index in [1.165, 1.54) is 0 Å². The number of rotatable bonds is 3. The van der Waals surface area contributed by atoms with E-state index in [0.29, 0.717) is 23.8 Å². The Hall–Kier alpha value is -0.760. The average Bonchev–Trinajstić information content (AvgIpc) is 2.15. The lowest BCUT2D eigenvalue weighted by Crippen LogP contribution is -2.05. The molecule has 0 saturated heterocycles. The van der Waals surface area contributed by atoms with Gasteiger partial charge in [-0.05, 0) is 46.7 Å². The predicted molar refractivity (Wildman–Crippen MR) is 64.2 cm³/mol. The number of ether oxygens (including phenoxy) is 1. The van der Waals surface area contributed by atoms with E-state index in [9.17, 15) is 0 Å². The van der Waals surface area contributed by atoms with Gasteiger partial charge >= 0.3 is 0 Å². The standard InChI is InChI=1S/C11H12INO/c1-8(2)7-14-11-4-3-10(12)5-9(11)6-13/h3-5,8H,7H2,1-2H3. The Morgan fingerprint density at radius 2 is 2.21 bits per heavy atom. The molecule has 0 aromatic heterocycles. The molecule has 14 heavy (non-hydrogen) atoms. The molecular formula is C11H12INO. The maximum atomic E-state index is 8.87. The highest BCUT2D eigenvalue weighted by atomic mass is 127. The quantitative estimate of drug-likeness (QED) is 0.803. The van der Waals surface area contributed by atoms with Gasteiger partial charge in [-0.1, -0.05) is 13.8 Å². The molecule has 0 aliphatic heterocycles. The Labute approximate surface area is 98.0 Å². The maximum absolute atomic E-state index is 8.87. The first kappa shape index (κ1) is 11.3. The third kappa shape index (κ3) is 3.18. The van der Waals surface area contributed by atoms with Crippen LogP contribution in [0.3, 0.4) is 0 Å². The van der Waals surface area contributed by atoms with Gasteiger partial charge in [-0.2, -0.15) is 5.26 Å². The van der Waals surface area contributed by atoms with Crippen molar-refractivity contribution < 1.29 is 4.74 Å². The van der Waals surface area contributed by atoms with Crippen molar-refractivity contribution in [1.29, 1.82) is 5.26 Å². The molecule has 1 aromatic carbocycles. The fraction of sp³-hybridized carbons (Fsp3) is 0.364. The molecule has 0 aliphatic carbocycles. The summed E-state index contributed by atoms with van der Waals surface area (Å²) in [5, 5.41) is 8.87. The summed E-state index contributed by atoms with van der Waals surface area (Å²) < 4.78 is 6.57. The normalized spacial score (nSPS) is 9.93. The summed E-state index contributed by atoms with van der Waals surface area (Å²) in [4.78, 5) is 0. The van der Waals surface area contributed by atoms with E-state index in [1.54, 1.807) is 0 Å². The summed E-state index contributed by atoms with van der Waals surface area (Å²) in [5.74, 6) is 1.16. The number of nitriles is 1. The lowest BCUT2D eigenvalue weighted by Gasteiger charge is -2.09. The van der Waals surface area contributed by atoms with Crippen LogP contribution in [-0.4, -0.2) is 6.61 Å². The third-order valence-corrected chi connectivity index (χ3v) is 2.31. The molecule has 2 nitrogen and oxygen atoms in total. The molecule has 0 N–H and O–H groups in total. The smallest absolute Gasteiger partial charge is 0.137 e. The fourth-order valence-corrected chi connectivity index (χ4v) is 1.46.